The predicted octanol–water partition coefficient (Wildman–Crippen LogP) is 2.48. The quantitative estimate of drug-likeness (QED) is 0.742. The zero-order valence-corrected chi connectivity index (χ0v) is 10.2. The number of hydrogen-bond acceptors (Lipinski definition) is 2. The highest BCUT2D eigenvalue weighted by atomic mass is 16.2. The summed E-state index contributed by atoms with van der Waals surface area (Å²) in [6.07, 6.45) is 6.75. The molecule has 0 aromatic carbocycles. The van der Waals surface area contributed by atoms with Gasteiger partial charge in [0.2, 0.25) is 0 Å². The fourth-order valence-corrected chi connectivity index (χ4v) is 3.41. The SMILES string of the molecule is CC1C2CCCCC2N1C(=O)c1ccccn1. The number of fused-ring (bicyclic) bond motifs is 1. The molecule has 3 heteroatoms. The number of hydrogen-bond donors (Lipinski definition) is 0. The van der Waals surface area contributed by atoms with Crippen LogP contribution in [0.3, 0.4) is 0 Å². The number of likely N-dealkylation sites (tertiary alicyclic amines) is 1. The van der Waals surface area contributed by atoms with Crippen LogP contribution < -0.4 is 0 Å². The first-order valence-electron chi connectivity index (χ1n) is 6.53. The van der Waals surface area contributed by atoms with Gasteiger partial charge in [-0.3, -0.25) is 9.78 Å². The Balaban J connectivity index is 1.79. The van der Waals surface area contributed by atoms with Gasteiger partial charge < -0.3 is 4.90 Å². The number of nitrogens with zero attached hydrogens (tertiary/aromatic N) is 2. The fourth-order valence-electron chi connectivity index (χ4n) is 3.41. The van der Waals surface area contributed by atoms with Gasteiger partial charge in [-0.05, 0) is 37.8 Å². The number of aromatic nitrogens is 1. The van der Waals surface area contributed by atoms with Crippen molar-refractivity contribution in [2.75, 3.05) is 0 Å². The third-order valence-corrected chi connectivity index (χ3v) is 4.32. The van der Waals surface area contributed by atoms with E-state index in [2.05, 4.69) is 11.9 Å². The minimum atomic E-state index is 0.112. The van der Waals surface area contributed by atoms with E-state index in [4.69, 9.17) is 0 Å². The molecule has 3 unspecified atom stereocenters. The first kappa shape index (κ1) is 10.8. The van der Waals surface area contributed by atoms with Crippen LogP contribution in [0.1, 0.15) is 43.1 Å². The summed E-state index contributed by atoms with van der Waals surface area (Å²) >= 11 is 0. The van der Waals surface area contributed by atoms with Gasteiger partial charge in [-0.25, -0.2) is 0 Å². The molecule has 1 aliphatic carbocycles. The summed E-state index contributed by atoms with van der Waals surface area (Å²) in [5, 5.41) is 0. The van der Waals surface area contributed by atoms with Crippen LogP contribution in [0, 0.1) is 5.92 Å². The summed E-state index contributed by atoms with van der Waals surface area (Å²) < 4.78 is 0. The normalized spacial score (nSPS) is 31.6. The molecule has 0 N–H and O–H groups in total. The first-order valence-corrected chi connectivity index (χ1v) is 6.53. The van der Waals surface area contributed by atoms with Crippen molar-refractivity contribution >= 4 is 5.91 Å². The maximum atomic E-state index is 12.4. The minimum absolute atomic E-state index is 0.112. The monoisotopic (exact) mass is 230 g/mol. The van der Waals surface area contributed by atoms with E-state index in [1.807, 2.05) is 23.1 Å². The highest BCUT2D eigenvalue weighted by Gasteiger charge is 2.49. The Morgan fingerprint density at radius 3 is 2.94 bits per heavy atom. The Kier molecular flexibility index (Phi) is 2.61. The second-order valence-corrected chi connectivity index (χ2v) is 5.18. The zero-order chi connectivity index (χ0) is 11.8. The predicted molar refractivity (Wildman–Crippen MR) is 65.6 cm³/mol. The maximum Gasteiger partial charge on any atom is 0.272 e. The topological polar surface area (TPSA) is 33.2 Å². The van der Waals surface area contributed by atoms with Crippen molar-refractivity contribution in [3.63, 3.8) is 0 Å². The number of carbonyl (C=O) groups is 1. The molecular formula is C14H18N2O. The maximum absolute atomic E-state index is 12.4. The standard InChI is InChI=1S/C14H18N2O/c1-10-11-6-2-3-8-13(11)16(10)14(17)12-7-4-5-9-15-12/h4-5,7,9-11,13H,2-3,6,8H2,1H3. The lowest BCUT2D eigenvalue weighted by Crippen LogP contribution is -2.65. The lowest BCUT2D eigenvalue weighted by molar-refractivity contribution is -0.0475. The Morgan fingerprint density at radius 1 is 1.35 bits per heavy atom. The molecule has 1 aliphatic heterocycles. The average Bonchev–Trinajstić information content (AvgIpc) is 2.39. The third kappa shape index (κ3) is 1.65. The average molecular weight is 230 g/mol. The highest BCUT2D eigenvalue weighted by molar-refractivity contribution is 5.93. The van der Waals surface area contributed by atoms with Crippen LogP contribution in [0.2, 0.25) is 0 Å². The summed E-state index contributed by atoms with van der Waals surface area (Å²) in [5.41, 5.74) is 0.586. The summed E-state index contributed by atoms with van der Waals surface area (Å²) in [4.78, 5) is 18.6. The summed E-state index contributed by atoms with van der Waals surface area (Å²) in [6.45, 7) is 2.17. The number of carbonyl (C=O) groups excluding carboxylic acids is 1. The molecule has 90 valence electrons. The van der Waals surface area contributed by atoms with Gasteiger partial charge in [-0.1, -0.05) is 18.9 Å². The molecule has 3 rings (SSSR count). The second-order valence-electron chi connectivity index (χ2n) is 5.18. The van der Waals surface area contributed by atoms with E-state index in [-0.39, 0.29) is 5.91 Å². The van der Waals surface area contributed by atoms with Crippen LogP contribution in [0.15, 0.2) is 24.4 Å². The molecule has 1 aromatic rings. The molecule has 1 aromatic heterocycles. The molecular weight excluding hydrogens is 212 g/mol. The Labute approximate surface area is 102 Å². The van der Waals surface area contributed by atoms with Crippen molar-refractivity contribution in [3.8, 4) is 0 Å². The third-order valence-electron chi connectivity index (χ3n) is 4.32. The lowest BCUT2D eigenvalue weighted by Gasteiger charge is -2.56. The van der Waals surface area contributed by atoms with E-state index in [1.54, 1.807) is 6.20 Å². The molecule has 1 saturated carbocycles. The molecule has 2 aliphatic rings. The van der Waals surface area contributed by atoms with Crippen LogP contribution in [-0.2, 0) is 0 Å². The molecule has 2 fully saturated rings. The van der Waals surface area contributed by atoms with Gasteiger partial charge in [0.25, 0.3) is 5.91 Å². The van der Waals surface area contributed by atoms with Gasteiger partial charge in [0.15, 0.2) is 0 Å². The first-order chi connectivity index (χ1) is 8.29. The van der Waals surface area contributed by atoms with Gasteiger partial charge in [-0.2, -0.15) is 0 Å². The van der Waals surface area contributed by atoms with Gasteiger partial charge in [-0.15, -0.1) is 0 Å². The number of pyridine rings is 1. The number of rotatable bonds is 1. The van der Waals surface area contributed by atoms with E-state index in [0.29, 0.717) is 17.8 Å². The van der Waals surface area contributed by atoms with Gasteiger partial charge in [0.1, 0.15) is 5.69 Å². The van der Waals surface area contributed by atoms with Crippen molar-refractivity contribution in [1.82, 2.24) is 9.88 Å². The molecule has 3 atom stereocenters. The van der Waals surface area contributed by atoms with Gasteiger partial charge in [0, 0.05) is 18.3 Å². The van der Waals surface area contributed by atoms with Crippen LogP contribution in [0.5, 0.6) is 0 Å². The lowest BCUT2D eigenvalue weighted by atomic mass is 9.71. The second kappa shape index (κ2) is 4.13. The minimum Gasteiger partial charge on any atom is -0.331 e. The van der Waals surface area contributed by atoms with E-state index in [0.717, 1.165) is 5.92 Å². The zero-order valence-electron chi connectivity index (χ0n) is 10.2. The molecule has 0 radical (unpaired) electrons. The smallest absolute Gasteiger partial charge is 0.272 e. The van der Waals surface area contributed by atoms with Crippen molar-refractivity contribution in [1.29, 1.82) is 0 Å². The van der Waals surface area contributed by atoms with E-state index >= 15 is 0 Å². The molecule has 2 heterocycles. The van der Waals surface area contributed by atoms with Crippen molar-refractivity contribution in [2.45, 2.75) is 44.7 Å². The fraction of sp³-hybridized carbons (Fsp3) is 0.571. The van der Waals surface area contributed by atoms with Gasteiger partial charge >= 0.3 is 0 Å². The summed E-state index contributed by atoms with van der Waals surface area (Å²) in [5.74, 6) is 0.845. The largest absolute Gasteiger partial charge is 0.331 e. The number of amides is 1. The van der Waals surface area contributed by atoms with Gasteiger partial charge in [0.05, 0.1) is 0 Å². The van der Waals surface area contributed by atoms with Crippen LogP contribution in [0.4, 0.5) is 0 Å². The molecule has 1 amide bonds. The molecule has 0 spiro atoms. The van der Waals surface area contributed by atoms with Crippen LogP contribution >= 0.6 is 0 Å². The van der Waals surface area contributed by atoms with Crippen LogP contribution in [0.25, 0.3) is 0 Å². The van der Waals surface area contributed by atoms with E-state index in [1.165, 1.54) is 25.7 Å². The van der Waals surface area contributed by atoms with E-state index < -0.39 is 0 Å². The Hall–Kier alpha value is -1.38. The summed E-state index contributed by atoms with van der Waals surface area (Å²) in [6, 6.07) is 6.41. The summed E-state index contributed by atoms with van der Waals surface area (Å²) in [7, 11) is 0. The highest BCUT2D eigenvalue weighted by Crippen LogP contribution is 2.42. The molecule has 3 nitrogen and oxygen atoms in total. The van der Waals surface area contributed by atoms with Crippen molar-refractivity contribution in [2.24, 2.45) is 5.92 Å². The van der Waals surface area contributed by atoms with Crippen molar-refractivity contribution in [3.05, 3.63) is 30.1 Å². The van der Waals surface area contributed by atoms with Crippen molar-refractivity contribution < 1.29 is 4.79 Å². The Bertz CT molecular complexity index is 417. The van der Waals surface area contributed by atoms with E-state index in [9.17, 15) is 4.79 Å². The molecule has 1 saturated heterocycles. The molecule has 0 bridgehead atoms. The van der Waals surface area contributed by atoms with Crippen LogP contribution in [-0.4, -0.2) is 27.9 Å². The Morgan fingerprint density at radius 2 is 2.18 bits per heavy atom. The molecule has 17 heavy (non-hydrogen) atoms.